The van der Waals surface area contributed by atoms with Crippen molar-refractivity contribution in [2.24, 2.45) is 5.73 Å². The van der Waals surface area contributed by atoms with Crippen LogP contribution in [0.25, 0.3) is 11.1 Å². The molecule has 0 saturated carbocycles. The molecule has 0 aromatic heterocycles. The number of hydrogen-bond acceptors (Lipinski definition) is 2. The summed E-state index contributed by atoms with van der Waals surface area (Å²) in [7, 11) is 1.65. The largest absolute Gasteiger partial charge is 0.380 e. The maximum absolute atomic E-state index is 11.0. The van der Waals surface area contributed by atoms with Crippen LogP contribution in [0.15, 0.2) is 48.5 Å². The van der Waals surface area contributed by atoms with Crippen molar-refractivity contribution in [3.8, 4) is 11.1 Å². The first kappa shape index (κ1) is 13.1. The van der Waals surface area contributed by atoms with Crippen LogP contribution in [0.3, 0.4) is 0 Å². The molecule has 2 aromatic carbocycles. The minimum absolute atomic E-state index is 0.524. The molecule has 0 fully saturated rings. The number of nitrogens with one attached hydrogen (secondary N) is 1. The van der Waals surface area contributed by atoms with E-state index in [9.17, 15) is 4.79 Å². The minimum atomic E-state index is -0.573. The monoisotopic (exact) mass is 256 g/mol. The van der Waals surface area contributed by atoms with Gasteiger partial charge >= 0.3 is 6.03 Å². The van der Waals surface area contributed by atoms with Gasteiger partial charge in [-0.1, -0.05) is 36.4 Å². The second-order valence-electron chi connectivity index (χ2n) is 4.17. The molecule has 19 heavy (non-hydrogen) atoms. The van der Waals surface area contributed by atoms with Gasteiger partial charge < -0.3 is 15.8 Å². The molecular weight excluding hydrogens is 240 g/mol. The first-order valence-electron chi connectivity index (χ1n) is 5.94. The second kappa shape index (κ2) is 6.02. The van der Waals surface area contributed by atoms with Gasteiger partial charge in [0.25, 0.3) is 0 Å². The number of urea groups is 1. The van der Waals surface area contributed by atoms with Gasteiger partial charge in [-0.3, -0.25) is 0 Å². The normalized spacial score (nSPS) is 10.2. The number of carbonyl (C=O) groups is 1. The Bertz CT molecular complexity index is 568. The SMILES string of the molecule is COCc1ccc(NC(N)=O)c(-c2ccccc2)c1. The first-order valence-corrected chi connectivity index (χ1v) is 5.94. The van der Waals surface area contributed by atoms with E-state index >= 15 is 0 Å². The van der Waals surface area contributed by atoms with E-state index in [1.807, 2.05) is 48.5 Å². The van der Waals surface area contributed by atoms with E-state index in [2.05, 4.69) is 5.32 Å². The smallest absolute Gasteiger partial charge is 0.316 e. The van der Waals surface area contributed by atoms with Gasteiger partial charge in [0.05, 0.1) is 12.3 Å². The maximum Gasteiger partial charge on any atom is 0.316 e. The van der Waals surface area contributed by atoms with Gasteiger partial charge in [0.2, 0.25) is 0 Å². The molecular formula is C15H16N2O2. The van der Waals surface area contributed by atoms with Crippen molar-refractivity contribution >= 4 is 11.7 Å². The van der Waals surface area contributed by atoms with E-state index < -0.39 is 6.03 Å². The van der Waals surface area contributed by atoms with Gasteiger partial charge in [-0.15, -0.1) is 0 Å². The van der Waals surface area contributed by atoms with Gasteiger partial charge in [0.15, 0.2) is 0 Å². The molecule has 2 rings (SSSR count). The fraction of sp³-hybridized carbons (Fsp3) is 0.133. The third-order valence-electron chi connectivity index (χ3n) is 2.74. The van der Waals surface area contributed by atoms with E-state index in [4.69, 9.17) is 10.5 Å². The highest BCUT2D eigenvalue weighted by Crippen LogP contribution is 2.29. The lowest BCUT2D eigenvalue weighted by molar-refractivity contribution is 0.185. The lowest BCUT2D eigenvalue weighted by atomic mass is 10.0. The van der Waals surface area contributed by atoms with Crippen molar-refractivity contribution in [2.45, 2.75) is 6.61 Å². The van der Waals surface area contributed by atoms with E-state index in [1.54, 1.807) is 7.11 Å². The summed E-state index contributed by atoms with van der Waals surface area (Å²) in [6, 6.07) is 15.0. The number of methoxy groups -OCH3 is 1. The molecule has 0 spiro atoms. The molecule has 0 aliphatic rings. The fourth-order valence-electron chi connectivity index (χ4n) is 1.95. The van der Waals surface area contributed by atoms with Crippen LogP contribution in [0.1, 0.15) is 5.56 Å². The molecule has 2 aromatic rings. The third kappa shape index (κ3) is 3.33. The Morgan fingerprint density at radius 3 is 2.58 bits per heavy atom. The van der Waals surface area contributed by atoms with E-state index in [0.29, 0.717) is 12.3 Å². The first-order chi connectivity index (χ1) is 9.20. The summed E-state index contributed by atoms with van der Waals surface area (Å²) in [6.07, 6.45) is 0. The van der Waals surface area contributed by atoms with Crippen LogP contribution < -0.4 is 11.1 Å². The summed E-state index contributed by atoms with van der Waals surface area (Å²) in [4.78, 5) is 11.0. The number of nitrogens with two attached hydrogens (primary N) is 1. The van der Waals surface area contributed by atoms with Crippen molar-refractivity contribution < 1.29 is 9.53 Å². The number of rotatable bonds is 4. The van der Waals surface area contributed by atoms with Crippen LogP contribution >= 0.6 is 0 Å². The molecule has 4 nitrogen and oxygen atoms in total. The Balaban J connectivity index is 2.46. The highest BCUT2D eigenvalue weighted by Gasteiger charge is 2.08. The predicted octanol–water partition coefficient (Wildman–Crippen LogP) is 2.99. The number of hydrogen-bond donors (Lipinski definition) is 2. The van der Waals surface area contributed by atoms with Crippen LogP contribution in [0.4, 0.5) is 10.5 Å². The molecule has 0 heterocycles. The molecule has 2 amide bonds. The highest BCUT2D eigenvalue weighted by atomic mass is 16.5. The maximum atomic E-state index is 11.0. The zero-order chi connectivity index (χ0) is 13.7. The van der Waals surface area contributed by atoms with Crippen LogP contribution in [-0.2, 0) is 11.3 Å². The lowest BCUT2D eigenvalue weighted by Crippen LogP contribution is -2.19. The fourth-order valence-corrected chi connectivity index (χ4v) is 1.95. The van der Waals surface area contributed by atoms with Gasteiger partial charge in [-0.25, -0.2) is 4.79 Å². The molecule has 0 unspecified atom stereocenters. The molecule has 4 heteroatoms. The van der Waals surface area contributed by atoms with Crippen LogP contribution in [-0.4, -0.2) is 13.1 Å². The zero-order valence-electron chi connectivity index (χ0n) is 10.7. The molecule has 0 radical (unpaired) electrons. The Labute approximate surface area is 112 Å². The number of amides is 2. The van der Waals surface area contributed by atoms with E-state index in [-0.39, 0.29) is 0 Å². The van der Waals surface area contributed by atoms with Gasteiger partial charge in [0, 0.05) is 12.7 Å². The quantitative estimate of drug-likeness (QED) is 0.883. The van der Waals surface area contributed by atoms with Crippen molar-refractivity contribution in [2.75, 3.05) is 12.4 Å². The molecule has 0 saturated heterocycles. The Morgan fingerprint density at radius 1 is 1.21 bits per heavy atom. The summed E-state index contributed by atoms with van der Waals surface area (Å²) in [6.45, 7) is 0.524. The molecule has 0 aliphatic heterocycles. The molecule has 0 atom stereocenters. The van der Waals surface area contributed by atoms with Crippen molar-refractivity contribution in [1.29, 1.82) is 0 Å². The Kier molecular flexibility index (Phi) is 4.15. The summed E-state index contributed by atoms with van der Waals surface area (Å²) < 4.78 is 5.13. The van der Waals surface area contributed by atoms with E-state index in [1.165, 1.54) is 0 Å². The number of primary amides is 1. The lowest BCUT2D eigenvalue weighted by Gasteiger charge is -2.12. The Hall–Kier alpha value is -2.33. The number of benzene rings is 2. The van der Waals surface area contributed by atoms with Crippen LogP contribution in [0.2, 0.25) is 0 Å². The minimum Gasteiger partial charge on any atom is -0.380 e. The molecule has 0 bridgehead atoms. The number of ether oxygens (including phenoxy) is 1. The van der Waals surface area contributed by atoms with Gasteiger partial charge in [0.1, 0.15) is 0 Å². The van der Waals surface area contributed by atoms with Crippen LogP contribution in [0, 0.1) is 0 Å². The van der Waals surface area contributed by atoms with E-state index in [0.717, 1.165) is 16.7 Å². The summed E-state index contributed by atoms with van der Waals surface area (Å²) in [5.41, 5.74) is 8.87. The average molecular weight is 256 g/mol. The van der Waals surface area contributed by atoms with Crippen molar-refractivity contribution in [3.05, 3.63) is 54.1 Å². The van der Waals surface area contributed by atoms with Crippen LogP contribution in [0.5, 0.6) is 0 Å². The Morgan fingerprint density at radius 2 is 1.95 bits per heavy atom. The topological polar surface area (TPSA) is 64.3 Å². The molecule has 0 aliphatic carbocycles. The standard InChI is InChI=1S/C15H16N2O2/c1-19-10-11-7-8-14(17-15(16)18)13(9-11)12-5-3-2-4-6-12/h2-9H,10H2,1H3,(H3,16,17,18). The van der Waals surface area contributed by atoms with Crippen molar-refractivity contribution in [3.63, 3.8) is 0 Å². The predicted molar refractivity (Wildman–Crippen MR) is 75.8 cm³/mol. The zero-order valence-corrected chi connectivity index (χ0v) is 10.7. The summed E-state index contributed by atoms with van der Waals surface area (Å²) in [5.74, 6) is 0. The van der Waals surface area contributed by atoms with Gasteiger partial charge in [-0.2, -0.15) is 0 Å². The molecule has 3 N–H and O–H groups in total. The molecule has 98 valence electrons. The highest BCUT2D eigenvalue weighted by molar-refractivity contribution is 5.93. The van der Waals surface area contributed by atoms with Gasteiger partial charge in [-0.05, 0) is 23.3 Å². The number of anilines is 1. The number of carbonyl (C=O) groups excluding carboxylic acids is 1. The second-order valence-corrected chi connectivity index (χ2v) is 4.17. The summed E-state index contributed by atoms with van der Waals surface area (Å²) in [5, 5.41) is 2.64. The average Bonchev–Trinajstić information content (AvgIpc) is 2.41. The third-order valence-corrected chi connectivity index (χ3v) is 2.74. The van der Waals surface area contributed by atoms with Crippen molar-refractivity contribution in [1.82, 2.24) is 0 Å². The summed E-state index contributed by atoms with van der Waals surface area (Å²) >= 11 is 0.